The second-order valence-electron chi connectivity index (χ2n) is 8.13. The number of anilines is 1. The number of aromatic nitrogens is 2. The van der Waals surface area contributed by atoms with Crippen LogP contribution in [0.4, 0.5) is 5.82 Å². The molecule has 0 bridgehead atoms. The van der Waals surface area contributed by atoms with Crippen LogP contribution in [0.5, 0.6) is 5.75 Å². The normalized spacial score (nSPS) is 16.3. The Balaban J connectivity index is 1.45. The summed E-state index contributed by atoms with van der Waals surface area (Å²) in [5.74, 6) is 3.05. The van der Waals surface area contributed by atoms with Gasteiger partial charge in [-0.2, -0.15) is 0 Å². The molecule has 1 aliphatic rings. The molecule has 1 fully saturated rings. The van der Waals surface area contributed by atoms with E-state index in [0.717, 1.165) is 55.7 Å². The zero-order chi connectivity index (χ0) is 20.8. The van der Waals surface area contributed by atoms with Gasteiger partial charge in [-0.3, -0.25) is 4.90 Å². The first-order chi connectivity index (χ1) is 13.9. The number of ether oxygens (including phenoxy) is 1. The molecule has 0 aliphatic carbocycles. The van der Waals surface area contributed by atoms with E-state index >= 15 is 0 Å². The number of benzene rings is 1. The Kier molecular flexibility index (Phi) is 7.45. The first-order valence-corrected chi connectivity index (χ1v) is 10.7. The fourth-order valence-corrected chi connectivity index (χ4v) is 3.52. The molecule has 6 heteroatoms. The number of rotatable bonds is 8. The summed E-state index contributed by atoms with van der Waals surface area (Å²) in [7, 11) is 0. The van der Waals surface area contributed by atoms with E-state index in [9.17, 15) is 5.11 Å². The molecule has 1 N–H and O–H groups in total. The molecular formula is C23H34N4O2. The molecule has 1 aromatic carbocycles. The molecule has 29 heavy (non-hydrogen) atoms. The van der Waals surface area contributed by atoms with Gasteiger partial charge in [-0.15, -0.1) is 0 Å². The average Bonchev–Trinajstić information content (AvgIpc) is 2.72. The van der Waals surface area contributed by atoms with Crippen LogP contribution >= 0.6 is 0 Å². The fraction of sp³-hybridized carbons (Fsp3) is 0.565. The lowest BCUT2D eigenvalue weighted by atomic mass is 10.2. The second-order valence-corrected chi connectivity index (χ2v) is 8.13. The third-order valence-electron chi connectivity index (χ3n) is 5.31. The number of nitrogens with zero attached hydrogens (tertiary/aromatic N) is 4. The van der Waals surface area contributed by atoms with Gasteiger partial charge in [-0.05, 0) is 31.0 Å². The van der Waals surface area contributed by atoms with Crippen LogP contribution in [-0.4, -0.2) is 65.4 Å². The summed E-state index contributed by atoms with van der Waals surface area (Å²) in [5.41, 5.74) is 2.30. The maximum atomic E-state index is 10.4. The quantitative estimate of drug-likeness (QED) is 0.738. The standard InChI is InChI=1S/C23H34N4O2/c1-5-19-6-8-21(9-7-19)29-16-20(28)15-26-10-12-27(13-11-26)22-14-18(4)24-23(25-22)17(2)3/h6-9,14,17,20,28H,5,10-13,15-16H2,1-4H3. The van der Waals surface area contributed by atoms with Crippen molar-refractivity contribution in [3.63, 3.8) is 0 Å². The molecule has 0 amide bonds. The summed E-state index contributed by atoms with van der Waals surface area (Å²) >= 11 is 0. The predicted molar refractivity (Wildman–Crippen MR) is 117 cm³/mol. The Labute approximate surface area is 174 Å². The molecule has 2 aromatic rings. The van der Waals surface area contributed by atoms with E-state index in [2.05, 4.69) is 53.8 Å². The van der Waals surface area contributed by atoms with Crippen molar-refractivity contribution in [3.05, 3.63) is 47.4 Å². The van der Waals surface area contributed by atoms with Gasteiger partial charge in [0.05, 0.1) is 0 Å². The zero-order valence-electron chi connectivity index (χ0n) is 18.1. The summed E-state index contributed by atoms with van der Waals surface area (Å²) in [5, 5.41) is 10.4. The van der Waals surface area contributed by atoms with Crippen LogP contribution in [0.3, 0.4) is 0 Å². The van der Waals surface area contributed by atoms with Crippen molar-refractivity contribution in [3.8, 4) is 5.75 Å². The van der Waals surface area contributed by atoms with E-state index in [0.29, 0.717) is 19.1 Å². The van der Waals surface area contributed by atoms with Crippen molar-refractivity contribution in [2.24, 2.45) is 0 Å². The van der Waals surface area contributed by atoms with Gasteiger partial charge in [0, 0.05) is 50.4 Å². The van der Waals surface area contributed by atoms with Gasteiger partial charge in [0.2, 0.25) is 0 Å². The summed E-state index contributed by atoms with van der Waals surface area (Å²) < 4.78 is 5.74. The molecule has 0 saturated carbocycles. The van der Waals surface area contributed by atoms with Crippen LogP contribution in [0.1, 0.15) is 43.8 Å². The molecule has 3 rings (SSSR count). The van der Waals surface area contributed by atoms with Gasteiger partial charge in [0.15, 0.2) is 0 Å². The number of hydrogen-bond acceptors (Lipinski definition) is 6. The lowest BCUT2D eigenvalue weighted by molar-refractivity contribution is 0.0662. The maximum absolute atomic E-state index is 10.4. The van der Waals surface area contributed by atoms with Gasteiger partial charge in [-0.25, -0.2) is 9.97 Å². The first-order valence-electron chi connectivity index (χ1n) is 10.7. The summed E-state index contributed by atoms with van der Waals surface area (Å²) in [6, 6.07) is 10.1. The number of aliphatic hydroxyl groups excluding tert-OH is 1. The summed E-state index contributed by atoms with van der Waals surface area (Å²) in [4.78, 5) is 13.9. The SMILES string of the molecule is CCc1ccc(OCC(O)CN2CCN(c3cc(C)nc(C(C)C)n3)CC2)cc1. The Hall–Kier alpha value is -2.18. The maximum Gasteiger partial charge on any atom is 0.133 e. The highest BCUT2D eigenvalue weighted by Crippen LogP contribution is 2.19. The van der Waals surface area contributed by atoms with Crippen LogP contribution < -0.4 is 9.64 Å². The van der Waals surface area contributed by atoms with E-state index in [1.165, 1.54) is 5.56 Å². The molecule has 1 atom stereocenters. The van der Waals surface area contributed by atoms with Crippen molar-refractivity contribution in [2.45, 2.75) is 46.1 Å². The fourth-order valence-electron chi connectivity index (χ4n) is 3.52. The number of hydrogen-bond donors (Lipinski definition) is 1. The lowest BCUT2D eigenvalue weighted by Crippen LogP contribution is -2.49. The molecule has 1 saturated heterocycles. The Bertz CT molecular complexity index is 771. The third-order valence-corrected chi connectivity index (χ3v) is 5.31. The van der Waals surface area contributed by atoms with Gasteiger partial charge >= 0.3 is 0 Å². The van der Waals surface area contributed by atoms with Gasteiger partial charge < -0.3 is 14.7 Å². The van der Waals surface area contributed by atoms with Crippen molar-refractivity contribution < 1.29 is 9.84 Å². The molecular weight excluding hydrogens is 364 g/mol. The molecule has 0 spiro atoms. The van der Waals surface area contributed by atoms with E-state index in [1.807, 2.05) is 19.1 Å². The van der Waals surface area contributed by atoms with Crippen LogP contribution in [-0.2, 0) is 6.42 Å². The van der Waals surface area contributed by atoms with Crippen LogP contribution in [0.25, 0.3) is 0 Å². The first kappa shape index (κ1) is 21.5. The lowest BCUT2D eigenvalue weighted by Gasteiger charge is -2.36. The van der Waals surface area contributed by atoms with Crippen molar-refractivity contribution in [1.29, 1.82) is 0 Å². The number of aryl methyl sites for hydroxylation is 2. The van der Waals surface area contributed by atoms with Gasteiger partial charge in [-0.1, -0.05) is 32.9 Å². The molecule has 6 nitrogen and oxygen atoms in total. The van der Waals surface area contributed by atoms with E-state index in [4.69, 9.17) is 9.72 Å². The minimum Gasteiger partial charge on any atom is -0.491 e. The monoisotopic (exact) mass is 398 g/mol. The Morgan fingerprint density at radius 1 is 1.07 bits per heavy atom. The zero-order valence-corrected chi connectivity index (χ0v) is 18.1. The minimum atomic E-state index is -0.499. The molecule has 1 aliphatic heterocycles. The van der Waals surface area contributed by atoms with Crippen molar-refractivity contribution >= 4 is 5.82 Å². The summed E-state index contributed by atoms with van der Waals surface area (Å²) in [6.45, 7) is 13.0. The van der Waals surface area contributed by atoms with Crippen LogP contribution in [0.2, 0.25) is 0 Å². The van der Waals surface area contributed by atoms with Crippen molar-refractivity contribution in [2.75, 3.05) is 44.2 Å². The highest BCUT2D eigenvalue weighted by atomic mass is 16.5. The Morgan fingerprint density at radius 2 is 1.76 bits per heavy atom. The van der Waals surface area contributed by atoms with E-state index in [-0.39, 0.29) is 0 Å². The number of aliphatic hydroxyl groups is 1. The molecule has 158 valence electrons. The van der Waals surface area contributed by atoms with Gasteiger partial charge in [0.25, 0.3) is 0 Å². The predicted octanol–water partition coefficient (Wildman–Crippen LogP) is 3.03. The highest BCUT2D eigenvalue weighted by Gasteiger charge is 2.21. The molecule has 1 unspecified atom stereocenters. The average molecular weight is 399 g/mol. The Morgan fingerprint density at radius 3 is 2.38 bits per heavy atom. The van der Waals surface area contributed by atoms with E-state index in [1.54, 1.807) is 0 Å². The summed E-state index contributed by atoms with van der Waals surface area (Å²) in [6.07, 6.45) is 0.517. The topological polar surface area (TPSA) is 61.7 Å². The molecule has 2 heterocycles. The molecule has 1 aromatic heterocycles. The van der Waals surface area contributed by atoms with E-state index < -0.39 is 6.10 Å². The highest BCUT2D eigenvalue weighted by molar-refractivity contribution is 5.40. The minimum absolute atomic E-state index is 0.314. The molecule has 0 radical (unpaired) electrons. The second kappa shape index (κ2) is 10.0. The largest absolute Gasteiger partial charge is 0.491 e. The smallest absolute Gasteiger partial charge is 0.133 e. The third kappa shape index (κ3) is 6.15. The number of piperazine rings is 1. The van der Waals surface area contributed by atoms with Crippen LogP contribution in [0, 0.1) is 6.92 Å². The van der Waals surface area contributed by atoms with Gasteiger partial charge in [0.1, 0.15) is 30.1 Å². The number of β-amino-alcohol motifs (C(OH)–C–C–N with tert-alkyl or cyclic N) is 1. The van der Waals surface area contributed by atoms with Crippen molar-refractivity contribution in [1.82, 2.24) is 14.9 Å². The van der Waals surface area contributed by atoms with Crippen LogP contribution in [0.15, 0.2) is 30.3 Å².